The van der Waals surface area contributed by atoms with Crippen LogP contribution in [-0.4, -0.2) is 42.2 Å². The van der Waals surface area contributed by atoms with E-state index in [9.17, 15) is 9.90 Å². The van der Waals surface area contributed by atoms with Gasteiger partial charge in [0.1, 0.15) is 5.54 Å². The minimum absolute atomic E-state index is 0.761. The fourth-order valence-corrected chi connectivity index (χ4v) is 2.65. The summed E-state index contributed by atoms with van der Waals surface area (Å²) in [4.78, 5) is 13.9. The lowest BCUT2D eigenvalue weighted by Crippen LogP contribution is -2.56. The van der Waals surface area contributed by atoms with Gasteiger partial charge >= 0.3 is 5.97 Å². The summed E-state index contributed by atoms with van der Waals surface area (Å²) >= 11 is 0. The molecule has 0 spiro atoms. The first kappa shape index (κ1) is 13.1. The average molecular weight is 248 g/mol. The van der Waals surface area contributed by atoms with Crippen LogP contribution in [0.5, 0.6) is 0 Å². The predicted molar refractivity (Wildman–Crippen MR) is 70.6 cm³/mol. The van der Waals surface area contributed by atoms with Crippen LogP contribution in [0, 0.1) is 6.92 Å². The molecule has 4 heteroatoms. The van der Waals surface area contributed by atoms with Gasteiger partial charge in [-0.05, 0) is 25.0 Å². The van der Waals surface area contributed by atoms with Gasteiger partial charge in [-0.15, -0.1) is 0 Å². The summed E-state index contributed by atoms with van der Waals surface area (Å²) in [5.74, 6) is -0.779. The normalized spacial score (nSPS) is 20.3. The average Bonchev–Trinajstić information content (AvgIpc) is 2.39. The molecule has 1 aliphatic heterocycles. The molecule has 2 N–H and O–H groups in total. The zero-order chi connectivity index (χ0) is 13.2. The fourth-order valence-electron chi connectivity index (χ4n) is 2.65. The number of hydrogen-bond donors (Lipinski definition) is 2. The summed E-state index contributed by atoms with van der Waals surface area (Å²) in [5.41, 5.74) is 0.980. The van der Waals surface area contributed by atoms with E-state index in [-0.39, 0.29) is 0 Å². The van der Waals surface area contributed by atoms with Crippen molar-refractivity contribution >= 4 is 5.97 Å². The standard InChI is InChI=1S/C14H20N2O2/c1-11-5-3-4-6-12(11)14(2,13(17)18)16-9-7-15-8-10-16/h3-6,15H,7-10H2,1-2H3,(H,17,18). The van der Waals surface area contributed by atoms with Crippen molar-refractivity contribution in [1.29, 1.82) is 0 Å². The Hall–Kier alpha value is -1.39. The second kappa shape index (κ2) is 5.08. The van der Waals surface area contributed by atoms with E-state index in [0.717, 1.165) is 37.3 Å². The highest BCUT2D eigenvalue weighted by Gasteiger charge is 2.42. The summed E-state index contributed by atoms with van der Waals surface area (Å²) in [5, 5.41) is 13.0. The molecule has 0 bridgehead atoms. The van der Waals surface area contributed by atoms with Gasteiger partial charge in [-0.2, -0.15) is 0 Å². The van der Waals surface area contributed by atoms with E-state index < -0.39 is 11.5 Å². The van der Waals surface area contributed by atoms with Crippen LogP contribution in [0.25, 0.3) is 0 Å². The highest BCUT2D eigenvalue weighted by molar-refractivity contribution is 5.80. The maximum absolute atomic E-state index is 11.8. The molecule has 0 aromatic heterocycles. The molecule has 1 fully saturated rings. The molecular formula is C14H20N2O2. The first-order valence-electron chi connectivity index (χ1n) is 6.32. The minimum Gasteiger partial charge on any atom is -0.480 e. The predicted octanol–water partition coefficient (Wildman–Crippen LogP) is 1.20. The number of nitrogens with one attached hydrogen (secondary N) is 1. The van der Waals surface area contributed by atoms with Gasteiger partial charge in [0.15, 0.2) is 0 Å². The fraction of sp³-hybridized carbons (Fsp3) is 0.500. The van der Waals surface area contributed by atoms with Crippen LogP contribution >= 0.6 is 0 Å². The van der Waals surface area contributed by atoms with Gasteiger partial charge in [-0.3, -0.25) is 4.90 Å². The molecule has 1 aliphatic rings. The second-order valence-corrected chi connectivity index (χ2v) is 4.93. The number of benzene rings is 1. The van der Waals surface area contributed by atoms with Gasteiger partial charge < -0.3 is 10.4 Å². The van der Waals surface area contributed by atoms with Gasteiger partial charge in [0, 0.05) is 26.2 Å². The first-order chi connectivity index (χ1) is 8.56. The van der Waals surface area contributed by atoms with Crippen LogP contribution in [-0.2, 0) is 10.3 Å². The van der Waals surface area contributed by atoms with E-state index in [0.29, 0.717) is 0 Å². The number of carbonyl (C=O) groups is 1. The summed E-state index contributed by atoms with van der Waals surface area (Å²) in [6.07, 6.45) is 0. The number of carboxylic acids is 1. The molecule has 2 rings (SSSR count). The molecule has 1 heterocycles. The lowest BCUT2D eigenvalue weighted by Gasteiger charge is -2.41. The van der Waals surface area contributed by atoms with Gasteiger partial charge in [-0.25, -0.2) is 4.79 Å². The number of rotatable bonds is 3. The van der Waals surface area contributed by atoms with E-state index in [1.54, 1.807) is 0 Å². The monoisotopic (exact) mass is 248 g/mol. The van der Waals surface area contributed by atoms with E-state index in [2.05, 4.69) is 5.32 Å². The van der Waals surface area contributed by atoms with Crippen LogP contribution in [0.2, 0.25) is 0 Å². The summed E-state index contributed by atoms with van der Waals surface area (Å²) in [7, 11) is 0. The maximum atomic E-state index is 11.8. The molecule has 1 atom stereocenters. The third kappa shape index (κ3) is 2.13. The quantitative estimate of drug-likeness (QED) is 0.844. The van der Waals surface area contributed by atoms with Crippen molar-refractivity contribution in [3.05, 3.63) is 35.4 Å². The SMILES string of the molecule is Cc1ccccc1C(C)(C(=O)O)N1CCNCC1. The smallest absolute Gasteiger partial charge is 0.328 e. The Labute approximate surface area is 108 Å². The highest BCUT2D eigenvalue weighted by Crippen LogP contribution is 2.31. The van der Waals surface area contributed by atoms with E-state index in [4.69, 9.17) is 0 Å². The lowest BCUT2D eigenvalue weighted by atomic mass is 9.86. The molecular weight excluding hydrogens is 228 g/mol. The van der Waals surface area contributed by atoms with Gasteiger partial charge in [0.25, 0.3) is 0 Å². The molecule has 1 aromatic rings. The Balaban J connectivity index is 2.43. The Morgan fingerprint density at radius 1 is 1.33 bits per heavy atom. The summed E-state index contributed by atoms with van der Waals surface area (Å²) in [6, 6.07) is 7.74. The maximum Gasteiger partial charge on any atom is 0.328 e. The number of nitrogens with zero attached hydrogens (tertiary/aromatic N) is 1. The number of hydrogen-bond acceptors (Lipinski definition) is 3. The zero-order valence-corrected chi connectivity index (χ0v) is 10.9. The zero-order valence-electron chi connectivity index (χ0n) is 10.9. The first-order valence-corrected chi connectivity index (χ1v) is 6.32. The van der Waals surface area contributed by atoms with Crippen LogP contribution in [0.3, 0.4) is 0 Å². The molecule has 0 radical (unpaired) electrons. The van der Waals surface area contributed by atoms with Crippen molar-refractivity contribution in [1.82, 2.24) is 10.2 Å². The third-order valence-corrected chi connectivity index (χ3v) is 3.84. The van der Waals surface area contributed by atoms with Crippen LogP contribution in [0.4, 0.5) is 0 Å². The molecule has 4 nitrogen and oxygen atoms in total. The topological polar surface area (TPSA) is 52.6 Å². The van der Waals surface area contributed by atoms with E-state index >= 15 is 0 Å². The molecule has 0 amide bonds. The largest absolute Gasteiger partial charge is 0.480 e. The molecule has 98 valence electrons. The van der Waals surface area contributed by atoms with Crippen molar-refractivity contribution < 1.29 is 9.90 Å². The Kier molecular flexibility index (Phi) is 3.68. The van der Waals surface area contributed by atoms with Gasteiger partial charge in [0.2, 0.25) is 0 Å². The number of aliphatic carboxylic acids is 1. The van der Waals surface area contributed by atoms with Gasteiger partial charge in [0.05, 0.1) is 0 Å². The lowest BCUT2D eigenvalue weighted by molar-refractivity contribution is -0.151. The Morgan fingerprint density at radius 3 is 2.50 bits per heavy atom. The Morgan fingerprint density at radius 2 is 1.94 bits per heavy atom. The summed E-state index contributed by atoms with van der Waals surface area (Å²) in [6.45, 7) is 6.99. The highest BCUT2D eigenvalue weighted by atomic mass is 16.4. The van der Waals surface area contributed by atoms with Crippen LogP contribution in [0.15, 0.2) is 24.3 Å². The van der Waals surface area contributed by atoms with Crippen molar-refractivity contribution in [2.75, 3.05) is 26.2 Å². The Bertz CT molecular complexity index is 441. The number of aryl methyl sites for hydroxylation is 1. The molecule has 1 saturated heterocycles. The van der Waals surface area contributed by atoms with E-state index in [1.807, 2.05) is 43.0 Å². The molecule has 0 saturated carbocycles. The summed E-state index contributed by atoms with van der Waals surface area (Å²) < 4.78 is 0. The number of carboxylic acid groups (broad SMARTS) is 1. The van der Waals surface area contributed by atoms with Gasteiger partial charge in [-0.1, -0.05) is 24.3 Å². The van der Waals surface area contributed by atoms with Crippen molar-refractivity contribution in [2.24, 2.45) is 0 Å². The number of piperazine rings is 1. The van der Waals surface area contributed by atoms with Crippen molar-refractivity contribution in [3.63, 3.8) is 0 Å². The van der Waals surface area contributed by atoms with E-state index in [1.165, 1.54) is 0 Å². The second-order valence-electron chi connectivity index (χ2n) is 4.93. The molecule has 18 heavy (non-hydrogen) atoms. The minimum atomic E-state index is -0.937. The molecule has 0 aliphatic carbocycles. The van der Waals surface area contributed by atoms with Crippen molar-refractivity contribution in [3.8, 4) is 0 Å². The van der Waals surface area contributed by atoms with Crippen LogP contribution < -0.4 is 5.32 Å². The molecule has 1 unspecified atom stereocenters. The van der Waals surface area contributed by atoms with Crippen LogP contribution in [0.1, 0.15) is 18.1 Å². The molecule has 1 aromatic carbocycles. The van der Waals surface area contributed by atoms with Crippen molar-refractivity contribution in [2.45, 2.75) is 19.4 Å². The third-order valence-electron chi connectivity index (χ3n) is 3.84.